The smallest absolute Gasteiger partial charge is 0.334 e. The molecule has 3 aliphatic rings. The lowest BCUT2D eigenvalue weighted by Crippen LogP contribution is -2.54. The Morgan fingerprint density at radius 1 is 0.913 bits per heavy atom. The van der Waals surface area contributed by atoms with Crippen molar-refractivity contribution in [3.05, 3.63) is 31.5 Å². The lowest BCUT2D eigenvalue weighted by atomic mass is 9.83. The molecule has 3 saturated heterocycles. The van der Waals surface area contributed by atoms with Gasteiger partial charge in [-0.15, -0.1) is 0 Å². The minimum Gasteiger partial charge on any atom is -0.373 e. The Labute approximate surface area is 130 Å². The van der Waals surface area contributed by atoms with Crippen LogP contribution >= 0.6 is 0 Å². The maximum absolute atomic E-state index is 12.3. The molecule has 9 nitrogen and oxygen atoms in total. The van der Waals surface area contributed by atoms with Crippen LogP contribution in [-0.2, 0) is 19.7 Å². The number of hydrogen-bond acceptors (Lipinski definition) is 6. The maximum Gasteiger partial charge on any atom is 0.334 e. The Bertz CT molecular complexity index is 705. The summed E-state index contributed by atoms with van der Waals surface area (Å²) < 4.78 is 17.1. The molecule has 0 amide bonds. The van der Waals surface area contributed by atoms with Gasteiger partial charge in [0, 0.05) is 0 Å². The minimum atomic E-state index is -0.791. The highest BCUT2D eigenvalue weighted by Crippen LogP contribution is 2.39. The molecule has 3 aliphatic heterocycles. The van der Waals surface area contributed by atoms with Gasteiger partial charge in [-0.1, -0.05) is 0 Å². The van der Waals surface area contributed by atoms with Gasteiger partial charge in [0.1, 0.15) is 0 Å². The summed E-state index contributed by atoms with van der Waals surface area (Å²) in [7, 11) is 0. The van der Waals surface area contributed by atoms with E-state index in [1.165, 1.54) is 0 Å². The molecule has 126 valence electrons. The first-order chi connectivity index (χ1) is 11.1. The summed E-state index contributed by atoms with van der Waals surface area (Å²) in [6.45, 7) is 1.97. The highest BCUT2D eigenvalue weighted by Gasteiger charge is 2.46. The molecule has 0 saturated carbocycles. The molecule has 0 bridgehead atoms. The lowest BCUT2D eigenvalue weighted by molar-refractivity contribution is 0.153. The Morgan fingerprint density at radius 3 is 1.83 bits per heavy atom. The average molecular weight is 325 g/mol. The van der Waals surface area contributed by atoms with Gasteiger partial charge < -0.3 is 14.2 Å². The first-order valence-electron chi connectivity index (χ1n) is 7.87. The first kappa shape index (κ1) is 14.9. The standard InChI is InChI=1S/C14H19N3O6/c18-11-15-12(19)17(13(20)16-11)14(3-9-6-22-9,4-10-7-23-10)2-1-8-5-21-8/h8-10H,1-7H2,(H2,15,16,18,19,20). The zero-order valence-electron chi connectivity index (χ0n) is 12.6. The molecule has 9 heteroatoms. The molecule has 0 spiro atoms. The van der Waals surface area contributed by atoms with Crippen LogP contribution in [0.1, 0.15) is 25.7 Å². The van der Waals surface area contributed by atoms with Crippen molar-refractivity contribution in [2.24, 2.45) is 0 Å². The summed E-state index contributed by atoms with van der Waals surface area (Å²) in [4.78, 5) is 40.4. The highest BCUT2D eigenvalue weighted by atomic mass is 16.6. The zero-order chi connectivity index (χ0) is 16.0. The Hall–Kier alpha value is -1.71. The van der Waals surface area contributed by atoms with Crippen LogP contribution in [0.3, 0.4) is 0 Å². The second-order valence-electron chi connectivity index (χ2n) is 6.56. The topological polar surface area (TPSA) is 125 Å². The van der Waals surface area contributed by atoms with E-state index in [1.807, 2.05) is 0 Å². The van der Waals surface area contributed by atoms with Crippen LogP contribution in [0.25, 0.3) is 0 Å². The van der Waals surface area contributed by atoms with Gasteiger partial charge >= 0.3 is 17.1 Å². The van der Waals surface area contributed by atoms with Crippen molar-refractivity contribution in [1.29, 1.82) is 0 Å². The van der Waals surface area contributed by atoms with Crippen molar-refractivity contribution < 1.29 is 14.2 Å². The number of aromatic nitrogens is 3. The van der Waals surface area contributed by atoms with Gasteiger partial charge in [-0.25, -0.2) is 19.0 Å². The molecule has 0 radical (unpaired) electrons. The van der Waals surface area contributed by atoms with Gasteiger partial charge in [-0.2, -0.15) is 0 Å². The van der Waals surface area contributed by atoms with Crippen LogP contribution in [0.2, 0.25) is 0 Å². The third-order valence-electron chi connectivity index (χ3n) is 4.68. The number of H-pyrrole nitrogens is 2. The molecule has 3 unspecified atom stereocenters. The summed E-state index contributed by atoms with van der Waals surface area (Å²) in [6, 6.07) is 0. The van der Waals surface area contributed by atoms with Gasteiger partial charge in [-0.05, 0) is 25.7 Å². The quantitative estimate of drug-likeness (QED) is 0.571. The molecule has 4 rings (SSSR count). The van der Waals surface area contributed by atoms with Gasteiger partial charge in [0.2, 0.25) is 0 Å². The highest BCUT2D eigenvalue weighted by molar-refractivity contribution is 4.98. The van der Waals surface area contributed by atoms with Crippen molar-refractivity contribution in [3.63, 3.8) is 0 Å². The SMILES string of the molecule is O=c1[nH]c(=O)n(C(CCC2CO2)(CC2CO2)CC2CO2)c(=O)[nH]1. The number of ether oxygens (including phenoxy) is 3. The second kappa shape index (κ2) is 5.43. The molecule has 0 aromatic carbocycles. The van der Waals surface area contributed by atoms with E-state index in [-0.39, 0.29) is 18.3 Å². The molecule has 3 fully saturated rings. The number of nitrogens with zero attached hydrogens (tertiary/aromatic N) is 1. The third-order valence-corrected chi connectivity index (χ3v) is 4.68. The van der Waals surface area contributed by atoms with E-state index in [1.54, 1.807) is 0 Å². The van der Waals surface area contributed by atoms with E-state index < -0.39 is 22.6 Å². The van der Waals surface area contributed by atoms with E-state index in [2.05, 4.69) is 9.97 Å². The first-order valence-corrected chi connectivity index (χ1v) is 7.87. The van der Waals surface area contributed by atoms with Crippen LogP contribution in [0, 0.1) is 0 Å². The van der Waals surface area contributed by atoms with Gasteiger partial charge in [0.05, 0.1) is 43.7 Å². The van der Waals surface area contributed by atoms with E-state index in [9.17, 15) is 14.4 Å². The molecule has 3 atom stereocenters. The van der Waals surface area contributed by atoms with Crippen LogP contribution in [0.5, 0.6) is 0 Å². The van der Waals surface area contributed by atoms with E-state index >= 15 is 0 Å². The number of nitrogens with one attached hydrogen (secondary N) is 2. The third kappa shape index (κ3) is 3.31. The van der Waals surface area contributed by atoms with E-state index in [0.29, 0.717) is 39.1 Å². The van der Waals surface area contributed by atoms with Crippen LogP contribution in [-0.4, -0.2) is 52.7 Å². The summed E-state index contributed by atoms with van der Waals surface area (Å²) >= 11 is 0. The minimum absolute atomic E-state index is 0.0344. The fourth-order valence-corrected chi connectivity index (χ4v) is 3.33. The number of rotatable bonds is 8. The molecule has 1 aromatic rings. The maximum atomic E-state index is 12.3. The lowest BCUT2D eigenvalue weighted by Gasteiger charge is -2.34. The van der Waals surface area contributed by atoms with Gasteiger partial charge in [-0.3, -0.25) is 9.97 Å². The molecular weight excluding hydrogens is 306 g/mol. The van der Waals surface area contributed by atoms with Gasteiger partial charge in [0.15, 0.2) is 0 Å². The van der Waals surface area contributed by atoms with Crippen LogP contribution < -0.4 is 17.1 Å². The predicted octanol–water partition coefficient (Wildman–Crippen LogP) is -1.32. The van der Waals surface area contributed by atoms with Gasteiger partial charge in [0.25, 0.3) is 0 Å². The fraction of sp³-hybridized carbons (Fsp3) is 0.786. The van der Waals surface area contributed by atoms with Crippen LogP contribution in [0.4, 0.5) is 0 Å². The monoisotopic (exact) mass is 325 g/mol. The number of aromatic amines is 2. The Morgan fingerprint density at radius 2 is 1.39 bits per heavy atom. The Balaban J connectivity index is 1.75. The zero-order valence-corrected chi connectivity index (χ0v) is 12.6. The summed E-state index contributed by atoms with van der Waals surface area (Å²) in [5.41, 5.74) is -2.89. The number of epoxide rings is 3. The molecule has 4 heterocycles. The predicted molar refractivity (Wildman–Crippen MR) is 77.6 cm³/mol. The van der Waals surface area contributed by atoms with E-state index in [0.717, 1.165) is 11.0 Å². The normalized spacial score (nSPS) is 30.7. The molecular formula is C14H19N3O6. The van der Waals surface area contributed by atoms with E-state index in [4.69, 9.17) is 14.2 Å². The average Bonchev–Trinajstić information content (AvgIpc) is 3.32. The molecule has 0 aliphatic carbocycles. The van der Waals surface area contributed by atoms with Crippen molar-refractivity contribution >= 4 is 0 Å². The molecule has 1 aromatic heterocycles. The largest absolute Gasteiger partial charge is 0.373 e. The van der Waals surface area contributed by atoms with Crippen molar-refractivity contribution in [2.45, 2.75) is 49.5 Å². The van der Waals surface area contributed by atoms with Crippen molar-refractivity contribution in [2.75, 3.05) is 19.8 Å². The molecule has 2 N–H and O–H groups in total. The Kier molecular flexibility index (Phi) is 3.51. The summed E-state index contributed by atoms with van der Waals surface area (Å²) in [5, 5.41) is 0. The van der Waals surface area contributed by atoms with Crippen molar-refractivity contribution in [3.8, 4) is 0 Å². The summed E-state index contributed by atoms with van der Waals surface area (Å²) in [6.07, 6.45) is 2.71. The second-order valence-corrected chi connectivity index (χ2v) is 6.56. The number of hydrogen-bond donors (Lipinski definition) is 2. The molecule has 23 heavy (non-hydrogen) atoms. The van der Waals surface area contributed by atoms with Crippen molar-refractivity contribution in [1.82, 2.24) is 14.5 Å². The fourth-order valence-electron chi connectivity index (χ4n) is 3.33. The summed E-state index contributed by atoms with van der Waals surface area (Å²) in [5.74, 6) is 0. The van der Waals surface area contributed by atoms with Crippen LogP contribution in [0.15, 0.2) is 14.4 Å².